The van der Waals surface area contributed by atoms with E-state index < -0.39 is 29.6 Å². The van der Waals surface area contributed by atoms with E-state index in [1.807, 2.05) is 6.07 Å². The van der Waals surface area contributed by atoms with Crippen molar-refractivity contribution in [3.8, 4) is 6.07 Å². The minimum absolute atomic E-state index is 0.0390. The van der Waals surface area contributed by atoms with E-state index in [9.17, 15) is 19.6 Å². The van der Waals surface area contributed by atoms with Crippen LogP contribution in [0.15, 0.2) is 23.9 Å². The number of rotatable bonds is 4. The quantitative estimate of drug-likeness (QED) is 0.580. The highest BCUT2D eigenvalue weighted by atomic mass is 16.6. The van der Waals surface area contributed by atoms with Crippen molar-refractivity contribution in [3.63, 3.8) is 0 Å². The molecule has 0 aliphatic carbocycles. The number of amides is 2. The van der Waals surface area contributed by atoms with Crippen LogP contribution in [-0.4, -0.2) is 59.3 Å². The summed E-state index contributed by atoms with van der Waals surface area (Å²) in [7, 11) is 0. The van der Waals surface area contributed by atoms with Gasteiger partial charge in [0, 0.05) is 6.54 Å². The van der Waals surface area contributed by atoms with Gasteiger partial charge in [-0.05, 0) is 20.8 Å². The van der Waals surface area contributed by atoms with Gasteiger partial charge in [-0.25, -0.2) is 19.6 Å². The van der Waals surface area contributed by atoms with Crippen molar-refractivity contribution in [2.75, 3.05) is 19.7 Å². The largest absolute Gasteiger partial charge is 0.457 e. The van der Waals surface area contributed by atoms with E-state index in [1.165, 1.54) is 11.1 Å². The summed E-state index contributed by atoms with van der Waals surface area (Å²) in [6.45, 7) is 8.75. The number of esters is 1. The number of alkyl carbamates (subject to hydrolysis) is 1. The minimum Gasteiger partial charge on any atom is -0.457 e. The number of nitrogens with zero attached hydrogens (tertiary/aromatic N) is 3. The summed E-state index contributed by atoms with van der Waals surface area (Å²) in [6.07, 6.45) is 0.657. The molecule has 9 heteroatoms. The molecule has 0 saturated carbocycles. The first kappa shape index (κ1) is 18.5. The van der Waals surface area contributed by atoms with E-state index in [0.717, 1.165) is 5.01 Å². The normalized spacial score (nSPS) is 20.2. The van der Waals surface area contributed by atoms with E-state index in [1.54, 1.807) is 20.8 Å². The van der Waals surface area contributed by atoms with Gasteiger partial charge < -0.3 is 14.8 Å². The average molecular weight is 348 g/mol. The van der Waals surface area contributed by atoms with E-state index in [0.29, 0.717) is 0 Å². The van der Waals surface area contributed by atoms with Gasteiger partial charge in [-0.2, -0.15) is 5.26 Å². The molecule has 2 aliphatic rings. The lowest BCUT2D eigenvalue weighted by Crippen LogP contribution is -2.45. The van der Waals surface area contributed by atoms with Gasteiger partial charge >= 0.3 is 12.1 Å². The Morgan fingerprint density at radius 3 is 2.72 bits per heavy atom. The van der Waals surface area contributed by atoms with E-state index in [-0.39, 0.29) is 31.0 Å². The van der Waals surface area contributed by atoms with Crippen LogP contribution >= 0.6 is 0 Å². The van der Waals surface area contributed by atoms with Crippen LogP contribution in [0.4, 0.5) is 4.79 Å². The van der Waals surface area contributed by atoms with Gasteiger partial charge in [0.15, 0.2) is 5.70 Å². The standard InChI is InChI=1S/C16H20N4O5/c1-5-6-24-14(22)12-10(7-17)8-19-9-11(13(21)20(12)19)18-15(23)25-16(2,3)4/h5,11H,1,6,8-9H2,2-4H3,(H,18,23). The Morgan fingerprint density at radius 2 is 2.16 bits per heavy atom. The molecule has 0 aromatic heterocycles. The van der Waals surface area contributed by atoms with Gasteiger partial charge in [-0.3, -0.25) is 4.79 Å². The summed E-state index contributed by atoms with van der Waals surface area (Å²) < 4.78 is 10.1. The van der Waals surface area contributed by atoms with Crippen molar-refractivity contribution >= 4 is 18.0 Å². The van der Waals surface area contributed by atoms with E-state index in [2.05, 4.69) is 11.9 Å². The highest BCUT2D eigenvalue weighted by Crippen LogP contribution is 2.29. The van der Waals surface area contributed by atoms with Gasteiger partial charge in [0.2, 0.25) is 0 Å². The Hall–Kier alpha value is -2.86. The Labute approximate surface area is 145 Å². The first-order valence-electron chi connectivity index (χ1n) is 7.67. The molecule has 25 heavy (non-hydrogen) atoms. The second-order valence-corrected chi connectivity index (χ2v) is 6.52. The zero-order chi connectivity index (χ0) is 18.8. The van der Waals surface area contributed by atoms with E-state index >= 15 is 0 Å². The number of fused-ring (bicyclic) bond motifs is 1. The molecule has 1 fully saturated rings. The SMILES string of the molecule is C=CCOC(=O)C1=C(C#N)CN2CC(NC(=O)OC(C)(C)C)C(=O)N12. The van der Waals surface area contributed by atoms with Crippen LogP contribution in [0, 0.1) is 11.3 Å². The minimum atomic E-state index is -0.878. The predicted molar refractivity (Wildman–Crippen MR) is 85.4 cm³/mol. The van der Waals surface area contributed by atoms with E-state index in [4.69, 9.17) is 9.47 Å². The first-order chi connectivity index (χ1) is 11.7. The van der Waals surface area contributed by atoms with Crippen molar-refractivity contribution < 1.29 is 23.9 Å². The summed E-state index contributed by atoms with van der Waals surface area (Å²) in [5.41, 5.74) is -0.684. The van der Waals surface area contributed by atoms with Crippen LogP contribution in [0.2, 0.25) is 0 Å². The number of hydrogen-bond acceptors (Lipinski definition) is 7. The van der Waals surface area contributed by atoms with Crippen molar-refractivity contribution in [1.82, 2.24) is 15.3 Å². The summed E-state index contributed by atoms with van der Waals surface area (Å²) in [4.78, 5) is 36.6. The molecule has 0 radical (unpaired) electrons. The van der Waals surface area contributed by atoms with Crippen LogP contribution in [0.3, 0.4) is 0 Å². The third-order valence-corrected chi connectivity index (χ3v) is 3.37. The van der Waals surface area contributed by atoms with Crippen LogP contribution in [-0.2, 0) is 19.1 Å². The smallest absolute Gasteiger partial charge is 0.408 e. The molecule has 1 saturated heterocycles. The molecule has 1 N–H and O–H groups in total. The fourth-order valence-corrected chi connectivity index (χ4v) is 2.49. The number of nitrogens with one attached hydrogen (secondary N) is 1. The van der Waals surface area contributed by atoms with Crippen LogP contribution in [0.1, 0.15) is 20.8 Å². The molecule has 2 aliphatic heterocycles. The van der Waals surface area contributed by atoms with Crippen LogP contribution < -0.4 is 5.32 Å². The molecule has 2 rings (SSSR count). The predicted octanol–water partition coefficient (Wildman–Crippen LogP) is 0.459. The lowest BCUT2D eigenvalue weighted by Gasteiger charge is -2.21. The van der Waals surface area contributed by atoms with Gasteiger partial charge in [0.05, 0.1) is 18.2 Å². The zero-order valence-electron chi connectivity index (χ0n) is 14.4. The lowest BCUT2D eigenvalue weighted by molar-refractivity contribution is -0.146. The molecular formula is C16H20N4O5. The fourth-order valence-electron chi connectivity index (χ4n) is 2.49. The van der Waals surface area contributed by atoms with Crippen LogP contribution in [0.5, 0.6) is 0 Å². The summed E-state index contributed by atoms with van der Waals surface area (Å²) in [6, 6.07) is 1.04. The molecular weight excluding hydrogens is 328 g/mol. The third-order valence-electron chi connectivity index (χ3n) is 3.37. The van der Waals surface area contributed by atoms with Gasteiger partial charge in [-0.1, -0.05) is 12.7 Å². The fraction of sp³-hybridized carbons (Fsp3) is 0.500. The van der Waals surface area contributed by atoms with Gasteiger partial charge in [-0.15, -0.1) is 0 Å². The van der Waals surface area contributed by atoms with Crippen molar-refractivity contribution in [1.29, 1.82) is 5.26 Å². The second-order valence-electron chi connectivity index (χ2n) is 6.52. The number of hydrogen-bond donors (Lipinski definition) is 1. The molecule has 134 valence electrons. The molecule has 0 bridgehead atoms. The zero-order valence-corrected chi connectivity index (χ0v) is 14.4. The molecule has 1 atom stereocenters. The number of carbonyl (C=O) groups is 3. The summed E-state index contributed by atoms with van der Waals surface area (Å²) in [5, 5.41) is 14.3. The van der Waals surface area contributed by atoms with Crippen molar-refractivity contribution in [2.24, 2.45) is 0 Å². The highest BCUT2D eigenvalue weighted by molar-refractivity contribution is 5.99. The molecule has 1 unspecified atom stereocenters. The number of ether oxygens (including phenoxy) is 2. The van der Waals surface area contributed by atoms with Crippen molar-refractivity contribution in [3.05, 3.63) is 23.9 Å². The maximum atomic E-state index is 12.6. The monoisotopic (exact) mass is 348 g/mol. The number of carbonyl (C=O) groups excluding carboxylic acids is 3. The Balaban J connectivity index is 2.13. The molecule has 2 heterocycles. The lowest BCUT2D eigenvalue weighted by atomic mass is 10.2. The Bertz CT molecular complexity index is 686. The van der Waals surface area contributed by atoms with Gasteiger partial charge in [0.1, 0.15) is 18.2 Å². The first-order valence-corrected chi connectivity index (χ1v) is 7.67. The van der Waals surface area contributed by atoms with Crippen molar-refractivity contribution in [2.45, 2.75) is 32.4 Å². The summed E-state index contributed by atoms with van der Waals surface area (Å²) in [5.74, 6) is -1.31. The molecule has 0 spiro atoms. The molecule has 2 amide bonds. The number of hydrazine groups is 1. The molecule has 9 nitrogen and oxygen atoms in total. The Kier molecular flexibility index (Phi) is 5.13. The average Bonchev–Trinajstić information content (AvgIpc) is 3.00. The maximum Gasteiger partial charge on any atom is 0.408 e. The maximum absolute atomic E-state index is 12.6. The third kappa shape index (κ3) is 3.97. The van der Waals surface area contributed by atoms with Crippen LogP contribution in [0.25, 0.3) is 0 Å². The number of nitriles is 1. The van der Waals surface area contributed by atoms with Gasteiger partial charge in [0.25, 0.3) is 5.91 Å². The molecule has 0 aromatic carbocycles. The topological polar surface area (TPSA) is 112 Å². The highest BCUT2D eigenvalue weighted by Gasteiger charge is 2.48. The summed E-state index contributed by atoms with van der Waals surface area (Å²) >= 11 is 0. The Morgan fingerprint density at radius 1 is 1.48 bits per heavy atom. The second kappa shape index (κ2) is 6.94. The molecule has 0 aromatic rings.